The van der Waals surface area contributed by atoms with E-state index in [1.807, 2.05) is 0 Å². The molecule has 0 aliphatic carbocycles. The van der Waals surface area contributed by atoms with Crippen LogP contribution >= 0.6 is 11.6 Å². The van der Waals surface area contributed by atoms with E-state index in [-0.39, 0.29) is 11.7 Å². The highest BCUT2D eigenvalue weighted by Gasteiger charge is 2.13. The second-order valence-corrected chi connectivity index (χ2v) is 4.50. The van der Waals surface area contributed by atoms with Crippen LogP contribution in [0.15, 0.2) is 35.3 Å². The number of nitrogens with zero attached hydrogens (tertiary/aromatic N) is 2. The fourth-order valence-corrected chi connectivity index (χ4v) is 1.94. The number of anilines is 1. The maximum atomic E-state index is 12.1. The summed E-state index contributed by atoms with van der Waals surface area (Å²) >= 11 is 6.00. The first-order valence-corrected chi connectivity index (χ1v) is 5.97. The molecule has 1 aromatic carbocycles. The van der Waals surface area contributed by atoms with Gasteiger partial charge in [0, 0.05) is 13.2 Å². The molecule has 2 aromatic rings. The Morgan fingerprint density at radius 3 is 2.74 bits per heavy atom. The number of amides is 1. The van der Waals surface area contributed by atoms with Crippen LogP contribution in [0.5, 0.6) is 0 Å². The smallest absolute Gasteiger partial charge is 0.306 e. The second kappa shape index (κ2) is 5.24. The minimum atomic E-state index is -0.436. The van der Waals surface area contributed by atoms with Crippen LogP contribution in [0.3, 0.4) is 0 Å². The first-order valence-electron chi connectivity index (χ1n) is 5.59. The molecule has 0 unspecified atom stereocenters. The van der Waals surface area contributed by atoms with E-state index < -0.39 is 5.69 Å². The molecule has 0 spiro atoms. The van der Waals surface area contributed by atoms with Crippen molar-refractivity contribution in [3.63, 3.8) is 0 Å². The number of halogens is 1. The second-order valence-electron chi connectivity index (χ2n) is 4.09. The number of benzene rings is 1. The van der Waals surface area contributed by atoms with Crippen LogP contribution in [0.4, 0.5) is 5.82 Å². The van der Waals surface area contributed by atoms with Crippen molar-refractivity contribution in [1.82, 2.24) is 9.55 Å². The first-order chi connectivity index (χ1) is 8.99. The van der Waals surface area contributed by atoms with E-state index in [0.29, 0.717) is 10.6 Å². The molecule has 0 fully saturated rings. The number of carbonyl (C=O) groups is 1. The lowest BCUT2D eigenvalue weighted by Crippen LogP contribution is -2.23. The lowest BCUT2D eigenvalue weighted by atomic mass is 10.1. The molecule has 98 valence electrons. The Labute approximate surface area is 114 Å². The summed E-state index contributed by atoms with van der Waals surface area (Å²) in [5.41, 5.74) is 0.703. The van der Waals surface area contributed by atoms with Gasteiger partial charge in [0.25, 0.3) is 5.91 Å². The molecule has 19 heavy (non-hydrogen) atoms. The normalized spacial score (nSPS) is 10.3. The summed E-state index contributed by atoms with van der Waals surface area (Å²) < 4.78 is 1.32. The SMILES string of the molecule is Cc1cccc(Cl)c1C(=O)Nc1ccn(C)c(=O)n1. The molecule has 0 aliphatic heterocycles. The fraction of sp³-hybridized carbons (Fsp3) is 0.154. The quantitative estimate of drug-likeness (QED) is 0.913. The van der Waals surface area contributed by atoms with Crippen molar-refractivity contribution in [1.29, 1.82) is 0 Å². The molecule has 1 heterocycles. The number of aromatic nitrogens is 2. The highest BCUT2D eigenvalue weighted by Crippen LogP contribution is 2.20. The monoisotopic (exact) mass is 277 g/mol. The summed E-state index contributed by atoms with van der Waals surface area (Å²) in [6.45, 7) is 1.79. The zero-order valence-electron chi connectivity index (χ0n) is 10.5. The third-order valence-corrected chi connectivity index (χ3v) is 2.98. The van der Waals surface area contributed by atoms with Crippen LogP contribution in [0, 0.1) is 6.92 Å². The Morgan fingerprint density at radius 1 is 1.37 bits per heavy atom. The van der Waals surface area contributed by atoms with Gasteiger partial charge in [-0.3, -0.25) is 4.79 Å². The summed E-state index contributed by atoms with van der Waals surface area (Å²) in [7, 11) is 1.58. The minimum absolute atomic E-state index is 0.201. The van der Waals surface area contributed by atoms with E-state index in [9.17, 15) is 9.59 Å². The molecule has 1 aromatic heterocycles. The average Bonchev–Trinajstić information content (AvgIpc) is 2.33. The Morgan fingerprint density at radius 2 is 2.11 bits per heavy atom. The van der Waals surface area contributed by atoms with E-state index >= 15 is 0 Å². The lowest BCUT2D eigenvalue weighted by molar-refractivity contribution is 0.102. The summed E-state index contributed by atoms with van der Waals surface area (Å²) in [6.07, 6.45) is 1.53. The van der Waals surface area contributed by atoms with Crippen LogP contribution in [0.1, 0.15) is 15.9 Å². The van der Waals surface area contributed by atoms with Gasteiger partial charge in [0.2, 0.25) is 0 Å². The van der Waals surface area contributed by atoms with Gasteiger partial charge < -0.3 is 9.88 Å². The summed E-state index contributed by atoms with van der Waals surface area (Å²) in [4.78, 5) is 27.2. The highest BCUT2D eigenvalue weighted by atomic mass is 35.5. The summed E-state index contributed by atoms with van der Waals surface area (Å²) in [5, 5.41) is 2.92. The van der Waals surface area contributed by atoms with Crippen molar-refractivity contribution >= 4 is 23.3 Å². The Hall–Kier alpha value is -2.14. The molecule has 0 radical (unpaired) electrons. The third-order valence-electron chi connectivity index (χ3n) is 2.66. The average molecular weight is 278 g/mol. The van der Waals surface area contributed by atoms with Crippen LogP contribution in [0.25, 0.3) is 0 Å². The van der Waals surface area contributed by atoms with Gasteiger partial charge in [0.1, 0.15) is 5.82 Å². The van der Waals surface area contributed by atoms with Gasteiger partial charge >= 0.3 is 5.69 Å². The fourth-order valence-electron chi connectivity index (χ4n) is 1.63. The number of nitrogens with one attached hydrogen (secondary N) is 1. The van der Waals surface area contributed by atoms with Gasteiger partial charge in [-0.05, 0) is 24.6 Å². The van der Waals surface area contributed by atoms with E-state index in [0.717, 1.165) is 5.56 Å². The van der Waals surface area contributed by atoms with Crippen molar-refractivity contribution in [2.75, 3.05) is 5.32 Å². The molecule has 0 bridgehead atoms. The summed E-state index contributed by atoms with van der Waals surface area (Å²) in [5.74, 6) is -0.184. The number of aryl methyl sites for hydroxylation is 2. The Bertz CT molecular complexity index is 674. The maximum absolute atomic E-state index is 12.1. The standard InChI is InChI=1S/C13H12ClN3O2/c1-8-4-3-5-9(14)11(8)12(18)15-10-6-7-17(2)13(19)16-10/h3-7H,1-2H3,(H,15,16,18,19). The van der Waals surface area contributed by atoms with E-state index in [1.54, 1.807) is 38.2 Å². The predicted octanol–water partition coefficient (Wildman–Crippen LogP) is 1.99. The van der Waals surface area contributed by atoms with Gasteiger partial charge in [-0.15, -0.1) is 0 Å². The lowest BCUT2D eigenvalue weighted by Gasteiger charge is -2.08. The third kappa shape index (κ3) is 2.82. The van der Waals surface area contributed by atoms with Crippen LogP contribution < -0.4 is 11.0 Å². The van der Waals surface area contributed by atoms with Crippen molar-refractivity contribution in [3.05, 3.63) is 57.1 Å². The van der Waals surface area contributed by atoms with Crippen LogP contribution in [0.2, 0.25) is 5.02 Å². The number of hydrogen-bond donors (Lipinski definition) is 1. The van der Waals surface area contributed by atoms with Gasteiger partial charge in [0.05, 0.1) is 10.6 Å². The van der Waals surface area contributed by atoms with Gasteiger partial charge in [-0.2, -0.15) is 4.98 Å². The molecule has 0 atom stereocenters. The largest absolute Gasteiger partial charge is 0.349 e. The predicted molar refractivity (Wildman–Crippen MR) is 73.6 cm³/mol. The molecule has 2 rings (SSSR count). The Kier molecular flexibility index (Phi) is 3.66. The molecule has 1 amide bonds. The maximum Gasteiger partial charge on any atom is 0.349 e. The van der Waals surface area contributed by atoms with Crippen LogP contribution in [-0.2, 0) is 7.05 Å². The van der Waals surface area contributed by atoms with Crippen LogP contribution in [-0.4, -0.2) is 15.5 Å². The number of carbonyl (C=O) groups excluding carboxylic acids is 1. The molecule has 0 saturated heterocycles. The molecular weight excluding hydrogens is 266 g/mol. The zero-order chi connectivity index (χ0) is 14.0. The molecule has 0 saturated carbocycles. The van der Waals surface area contributed by atoms with Crippen molar-refractivity contribution in [2.45, 2.75) is 6.92 Å². The minimum Gasteiger partial charge on any atom is -0.306 e. The van der Waals surface area contributed by atoms with E-state index in [2.05, 4.69) is 10.3 Å². The highest BCUT2D eigenvalue weighted by molar-refractivity contribution is 6.34. The number of rotatable bonds is 2. The molecule has 0 aliphatic rings. The molecule has 6 heteroatoms. The Balaban J connectivity index is 2.31. The van der Waals surface area contributed by atoms with Crippen molar-refractivity contribution < 1.29 is 4.79 Å². The molecule has 5 nitrogen and oxygen atoms in total. The molecular formula is C13H12ClN3O2. The first kappa shape index (κ1) is 13.3. The number of hydrogen-bond acceptors (Lipinski definition) is 3. The van der Waals surface area contributed by atoms with Gasteiger partial charge in [0.15, 0.2) is 0 Å². The molecule has 1 N–H and O–H groups in total. The van der Waals surface area contributed by atoms with Gasteiger partial charge in [-0.1, -0.05) is 23.7 Å². The van der Waals surface area contributed by atoms with Crippen molar-refractivity contribution in [3.8, 4) is 0 Å². The van der Waals surface area contributed by atoms with E-state index in [4.69, 9.17) is 11.6 Å². The van der Waals surface area contributed by atoms with Crippen molar-refractivity contribution in [2.24, 2.45) is 7.05 Å². The zero-order valence-corrected chi connectivity index (χ0v) is 11.2. The topological polar surface area (TPSA) is 64.0 Å². The van der Waals surface area contributed by atoms with E-state index in [1.165, 1.54) is 10.8 Å². The van der Waals surface area contributed by atoms with Gasteiger partial charge in [-0.25, -0.2) is 4.79 Å². The summed E-state index contributed by atoms with van der Waals surface area (Å²) in [6, 6.07) is 6.75.